The summed E-state index contributed by atoms with van der Waals surface area (Å²) in [5.41, 5.74) is 5.17. The molecule has 0 saturated heterocycles. The Balaban J connectivity index is 1.94. The van der Waals surface area contributed by atoms with Crippen molar-refractivity contribution >= 4 is 6.08 Å². The van der Waals surface area contributed by atoms with E-state index in [9.17, 15) is 0 Å². The van der Waals surface area contributed by atoms with E-state index < -0.39 is 0 Å². The second-order valence-electron chi connectivity index (χ2n) is 4.89. The van der Waals surface area contributed by atoms with Crippen molar-refractivity contribution in [1.29, 1.82) is 0 Å². The molecule has 0 amide bonds. The minimum absolute atomic E-state index is 0.764. The van der Waals surface area contributed by atoms with Gasteiger partial charge in [-0.1, -0.05) is 42.5 Å². The van der Waals surface area contributed by atoms with Crippen LogP contribution in [0.4, 0.5) is 0 Å². The number of allylic oxidation sites excluding steroid dienone is 1. The highest BCUT2D eigenvalue weighted by Crippen LogP contribution is 2.53. The lowest BCUT2D eigenvalue weighted by molar-refractivity contribution is 0.988. The zero-order valence-electron chi connectivity index (χ0n) is 9.51. The summed E-state index contributed by atoms with van der Waals surface area (Å²) in [6, 6.07) is 12.7. The minimum Gasteiger partial charge on any atom is -0.256 e. The van der Waals surface area contributed by atoms with E-state index in [2.05, 4.69) is 47.5 Å². The molecule has 0 radical (unpaired) electrons. The molecule has 1 fully saturated rings. The molecule has 2 atom stereocenters. The van der Waals surface area contributed by atoms with E-state index in [0.717, 1.165) is 17.5 Å². The quantitative estimate of drug-likeness (QED) is 0.709. The van der Waals surface area contributed by atoms with Crippen molar-refractivity contribution in [3.8, 4) is 11.3 Å². The van der Waals surface area contributed by atoms with E-state index in [1.807, 2.05) is 12.3 Å². The summed E-state index contributed by atoms with van der Waals surface area (Å²) in [5, 5.41) is 0. The average Bonchev–Trinajstić information content (AvgIpc) is 3.19. The van der Waals surface area contributed by atoms with Crippen LogP contribution in [0.15, 0.2) is 48.7 Å². The number of fused-ring (bicyclic) bond motifs is 3. The molecule has 2 aromatic rings. The smallest absolute Gasteiger partial charge is 0.0776 e. The Kier molecular flexibility index (Phi) is 1.78. The van der Waals surface area contributed by atoms with Crippen molar-refractivity contribution in [1.82, 2.24) is 4.98 Å². The fourth-order valence-corrected chi connectivity index (χ4v) is 2.82. The molecular formula is C16H13N. The Morgan fingerprint density at radius 1 is 1.06 bits per heavy atom. The van der Waals surface area contributed by atoms with Crippen LogP contribution in [0.3, 0.4) is 0 Å². The van der Waals surface area contributed by atoms with Gasteiger partial charge in [0.25, 0.3) is 0 Å². The third-order valence-electron chi connectivity index (χ3n) is 3.82. The lowest BCUT2D eigenvalue weighted by atomic mass is 9.94. The van der Waals surface area contributed by atoms with Crippen LogP contribution in [0.1, 0.15) is 23.5 Å². The number of pyridine rings is 1. The molecular weight excluding hydrogens is 206 g/mol. The van der Waals surface area contributed by atoms with Crippen molar-refractivity contribution in [3.05, 3.63) is 59.8 Å². The van der Waals surface area contributed by atoms with Gasteiger partial charge in [0.15, 0.2) is 0 Å². The van der Waals surface area contributed by atoms with Gasteiger partial charge in [0.05, 0.1) is 5.69 Å². The normalized spacial score (nSPS) is 24.0. The van der Waals surface area contributed by atoms with Gasteiger partial charge in [-0.3, -0.25) is 4.98 Å². The van der Waals surface area contributed by atoms with E-state index in [-0.39, 0.29) is 0 Å². The largest absolute Gasteiger partial charge is 0.256 e. The fourth-order valence-electron chi connectivity index (χ4n) is 2.82. The summed E-state index contributed by atoms with van der Waals surface area (Å²) in [7, 11) is 0. The molecule has 0 bridgehead atoms. The molecule has 0 N–H and O–H groups in total. The van der Waals surface area contributed by atoms with Crippen LogP contribution in [0.25, 0.3) is 17.3 Å². The van der Waals surface area contributed by atoms with Crippen LogP contribution >= 0.6 is 0 Å². The van der Waals surface area contributed by atoms with Gasteiger partial charge in [-0.25, -0.2) is 0 Å². The molecule has 1 nitrogen and oxygen atoms in total. The number of benzene rings is 1. The predicted octanol–water partition coefficient (Wildman–Crippen LogP) is 3.88. The number of nitrogens with zero attached hydrogens (tertiary/aromatic N) is 1. The molecule has 1 aromatic heterocycles. The molecule has 0 aliphatic heterocycles. The van der Waals surface area contributed by atoms with Gasteiger partial charge in [-0.2, -0.15) is 0 Å². The Hall–Kier alpha value is -1.89. The molecule has 1 heteroatoms. The molecule has 1 saturated carbocycles. The first-order valence-corrected chi connectivity index (χ1v) is 6.16. The zero-order valence-corrected chi connectivity index (χ0v) is 9.51. The van der Waals surface area contributed by atoms with Gasteiger partial charge >= 0.3 is 0 Å². The monoisotopic (exact) mass is 219 g/mol. The molecule has 82 valence electrons. The second-order valence-corrected chi connectivity index (χ2v) is 4.89. The molecule has 0 spiro atoms. The second kappa shape index (κ2) is 3.30. The average molecular weight is 219 g/mol. The summed E-state index contributed by atoms with van der Waals surface area (Å²) < 4.78 is 0. The maximum absolute atomic E-state index is 4.56. The highest BCUT2D eigenvalue weighted by molar-refractivity contribution is 5.76. The maximum Gasteiger partial charge on any atom is 0.0776 e. The Morgan fingerprint density at radius 2 is 1.94 bits per heavy atom. The van der Waals surface area contributed by atoms with Crippen molar-refractivity contribution in [2.75, 3.05) is 0 Å². The van der Waals surface area contributed by atoms with Gasteiger partial charge in [0.1, 0.15) is 0 Å². The zero-order chi connectivity index (χ0) is 11.2. The van der Waals surface area contributed by atoms with E-state index in [0.29, 0.717) is 0 Å². The van der Waals surface area contributed by atoms with Crippen molar-refractivity contribution in [2.45, 2.75) is 12.3 Å². The SMILES string of the molecule is C1=CC2CC2c2ccnc(-c3ccccc3)c21. The van der Waals surface area contributed by atoms with E-state index >= 15 is 0 Å². The Labute approximate surface area is 101 Å². The van der Waals surface area contributed by atoms with Gasteiger partial charge < -0.3 is 0 Å². The first-order chi connectivity index (χ1) is 8.43. The molecule has 1 heterocycles. The molecule has 2 aliphatic rings. The standard InChI is InChI=1S/C16H13N/c1-2-4-11(5-3-1)16-14-7-6-12-10-15(12)13(14)8-9-17-16/h1-9,12,15H,10H2. The van der Waals surface area contributed by atoms with Gasteiger partial charge in [0.2, 0.25) is 0 Å². The summed E-state index contributed by atoms with van der Waals surface area (Å²) in [5.74, 6) is 1.56. The summed E-state index contributed by atoms with van der Waals surface area (Å²) in [6.07, 6.45) is 7.89. The van der Waals surface area contributed by atoms with E-state index in [1.54, 1.807) is 0 Å². The highest BCUT2D eigenvalue weighted by Gasteiger charge is 2.40. The minimum atomic E-state index is 0.764. The molecule has 4 rings (SSSR count). The first-order valence-electron chi connectivity index (χ1n) is 6.16. The number of hydrogen-bond acceptors (Lipinski definition) is 1. The topological polar surface area (TPSA) is 12.9 Å². The van der Waals surface area contributed by atoms with Crippen LogP contribution in [0, 0.1) is 5.92 Å². The Bertz CT molecular complexity index is 598. The van der Waals surface area contributed by atoms with Crippen LogP contribution in [0.5, 0.6) is 0 Å². The van der Waals surface area contributed by atoms with Crippen LogP contribution in [-0.4, -0.2) is 4.98 Å². The van der Waals surface area contributed by atoms with Gasteiger partial charge in [-0.05, 0) is 29.9 Å². The summed E-state index contributed by atoms with van der Waals surface area (Å²) in [6.45, 7) is 0. The predicted molar refractivity (Wildman–Crippen MR) is 69.6 cm³/mol. The molecule has 17 heavy (non-hydrogen) atoms. The first kappa shape index (κ1) is 9.17. The number of aromatic nitrogens is 1. The summed E-state index contributed by atoms with van der Waals surface area (Å²) in [4.78, 5) is 4.56. The molecule has 2 aliphatic carbocycles. The van der Waals surface area contributed by atoms with Crippen molar-refractivity contribution < 1.29 is 0 Å². The van der Waals surface area contributed by atoms with E-state index in [1.165, 1.54) is 23.1 Å². The van der Waals surface area contributed by atoms with Crippen LogP contribution in [-0.2, 0) is 0 Å². The summed E-state index contributed by atoms with van der Waals surface area (Å²) >= 11 is 0. The third kappa shape index (κ3) is 1.35. The van der Waals surface area contributed by atoms with Gasteiger partial charge in [-0.15, -0.1) is 0 Å². The lowest BCUT2D eigenvalue weighted by Gasteiger charge is -2.13. The lowest BCUT2D eigenvalue weighted by Crippen LogP contribution is -1.97. The van der Waals surface area contributed by atoms with Crippen LogP contribution < -0.4 is 0 Å². The molecule has 1 aromatic carbocycles. The maximum atomic E-state index is 4.56. The van der Waals surface area contributed by atoms with Crippen molar-refractivity contribution in [3.63, 3.8) is 0 Å². The van der Waals surface area contributed by atoms with Crippen LogP contribution in [0.2, 0.25) is 0 Å². The Morgan fingerprint density at radius 3 is 2.82 bits per heavy atom. The highest BCUT2D eigenvalue weighted by atomic mass is 14.7. The van der Waals surface area contributed by atoms with Crippen molar-refractivity contribution in [2.24, 2.45) is 5.92 Å². The fraction of sp³-hybridized carbons (Fsp3) is 0.188. The number of rotatable bonds is 1. The van der Waals surface area contributed by atoms with E-state index in [4.69, 9.17) is 0 Å². The molecule has 2 unspecified atom stereocenters. The third-order valence-corrected chi connectivity index (χ3v) is 3.82. The number of hydrogen-bond donors (Lipinski definition) is 0. The van der Waals surface area contributed by atoms with Gasteiger partial charge in [0, 0.05) is 17.3 Å².